The van der Waals surface area contributed by atoms with E-state index < -0.39 is 0 Å². The number of hydrogen-bond donors (Lipinski definition) is 2. The number of unbranched alkanes of at least 4 members (excludes halogenated alkanes) is 5. The zero-order chi connectivity index (χ0) is 17.6. The molecule has 0 spiro atoms. The molecule has 0 aromatic carbocycles. The highest BCUT2D eigenvalue weighted by atomic mass is 16.5. The van der Waals surface area contributed by atoms with Gasteiger partial charge < -0.3 is 29.2 Å². The summed E-state index contributed by atoms with van der Waals surface area (Å²) in [6.45, 7) is 6.11. The van der Waals surface area contributed by atoms with Crippen LogP contribution in [0.3, 0.4) is 0 Å². The van der Waals surface area contributed by atoms with Crippen LogP contribution in [-0.4, -0.2) is 76.3 Å². The van der Waals surface area contributed by atoms with Crippen LogP contribution in [0.5, 0.6) is 0 Å². The van der Waals surface area contributed by atoms with Gasteiger partial charge in [0.2, 0.25) is 0 Å². The number of ether oxygens (including phenoxy) is 4. The number of aliphatic hydroxyl groups excluding tert-OH is 2. The Morgan fingerprint density at radius 1 is 0.333 bits per heavy atom. The predicted molar refractivity (Wildman–Crippen MR) is 94.4 cm³/mol. The average molecular weight is 350 g/mol. The van der Waals surface area contributed by atoms with Crippen LogP contribution < -0.4 is 0 Å². The van der Waals surface area contributed by atoms with Crippen molar-refractivity contribution in [3.63, 3.8) is 0 Å². The van der Waals surface area contributed by atoms with Crippen LogP contribution in [0.25, 0.3) is 0 Å². The first-order valence-corrected chi connectivity index (χ1v) is 9.44. The van der Waals surface area contributed by atoms with Gasteiger partial charge in [-0.3, -0.25) is 0 Å². The SMILES string of the molecule is OCCCCCOCCOCCCCOCCOCCCCCO. The highest BCUT2D eigenvalue weighted by Crippen LogP contribution is 1.96. The molecule has 0 aliphatic rings. The third-order valence-corrected chi connectivity index (χ3v) is 3.46. The molecule has 0 unspecified atom stereocenters. The minimum absolute atomic E-state index is 0.269. The monoisotopic (exact) mass is 350 g/mol. The maximum Gasteiger partial charge on any atom is 0.0700 e. The molecule has 0 fully saturated rings. The molecule has 0 aromatic heterocycles. The van der Waals surface area contributed by atoms with Crippen molar-refractivity contribution in [3.05, 3.63) is 0 Å². The molecule has 0 radical (unpaired) electrons. The van der Waals surface area contributed by atoms with Gasteiger partial charge in [0.1, 0.15) is 0 Å². The third-order valence-electron chi connectivity index (χ3n) is 3.46. The second-order valence-electron chi connectivity index (χ2n) is 5.73. The first-order chi connectivity index (χ1) is 11.9. The standard InChI is InChI=1S/C18H38O6/c19-9-3-1-5-11-21-15-17-23-13-7-8-14-24-18-16-22-12-6-2-4-10-20/h19-20H,1-18H2. The molecule has 146 valence electrons. The maximum absolute atomic E-state index is 8.63. The van der Waals surface area contributed by atoms with Crippen LogP contribution in [0.15, 0.2) is 0 Å². The van der Waals surface area contributed by atoms with E-state index in [0.717, 1.165) is 77.8 Å². The van der Waals surface area contributed by atoms with Crippen LogP contribution >= 0.6 is 0 Å². The van der Waals surface area contributed by atoms with E-state index in [1.54, 1.807) is 0 Å². The van der Waals surface area contributed by atoms with Gasteiger partial charge in [-0.15, -0.1) is 0 Å². The summed E-state index contributed by atoms with van der Waals surface area (Å²) in [5.41, 5.74) is 0. The van der Waals surface area contributed by atoms with Gasteiger partial charge in [-0.25, -0.2) is 0 Å². The van der Waals surface area contributed by atoms with Gasteiger partial charge in [-0.2, -0.15) is 0 Å². The Kier molecular flexibility index (Phi) is 22.5. The summed E-state index contributed by atoms with van der Waals surface area (Å²) >= 11 is 0. The summed E-state index contributed by atoms with van der Waals surface area (Å²) in [5, 5.41) is 17.3. The van der Waals surface area contributed by atoms with Crippen molar-refractivity contribution in [2.45, 2.75) is 51.4 Å². The Hall–Kier alpha value is -0.240. The van der Waals surface area contributed by atoms with Crippen molar-refractivity contribution in [3.8, 4) is 0 Å². The minimum Gasteiger partial charge on any atom is -0.396 e. The lowest BCUT2D eigenvalue weighted by atomic mass is 10.2. The molecular weight excluding hydrogens is 312 g/mol. The molecule has 0 bridgehead atoms. The molecule has 0 atom stereocenters. The van der Waals surface area contributed by atoms with Crippen molar-refractivity contribution in [1.29, 1.82) is 0 Å². The van der Waals surface area contributed by atoms with Crippen molar-refractivity contribution < 1.29 is 29.2 Å². The van der Waals surface area contributed by atoms with Crippen LogP contribution in [0, 0.1) is 0 Å². The summed E-state index contributed by atoms with van der Waals surface area (Å²) in [6.07, 6.45) is 7.77. The first-order valence-electron chi connectivity index (χ1n) is 9.44. The quantitative estimate of drug-likeness (QED) is 0.309. The average Bonchev–Trinajstić information content (AvgIpc) is 2.60. The van der Waals surface area contributed by atoms with Crippen molar-refractivity contribution in [2.75, 3.05) is 66.1 Å². The largest absolute Gasteiger partial charge is 0.396 e. The van der Waals surface area contributed by atoms with Crippen LogP contribution in [-0.2, 0) is 18.9 Å². The van der Waals surface area contributed by atoms with Crippen LogP contribution in [0.4, 0.5) is 0 Å². The highest BCUT2D eigenvalue weighted by molar-refractivity contribution is 4.42. The summed E-state index contributed by atoms with van der Waals surface area (Å²) < 4.78 is 21.9. The lowest BCUT2D eigenvalue weighted by molar-refractivity contribution is 0.0323. The molecule has 0 heterocycles. The zero-order valence-corrected chi connectivity index (χ0v) is 15.3. The molecule has 2 N–H and O–H groups in total. The van der Waals surface area contributed by atoms with E-state index in [2.05, 4.69) is 0 Å². The van der Waals surface area contributed by atoms with Crippen LogP contribution in [0.1, 0.15) is 51.4 Å². The van der Waals surface area contributed by atoms with Gasteiger partial charge in [-0.1, -0.05) is 0 Å². The Balaban J connectivity index is 2.93. The van der Waals surface area contributed by atoms with Gasteiger partial charge in [0.15, 0.2) is 0 Å². The number of hydrogen-bond acceptors (Lipinski definition) is 6. The third kappa shape index (κ3) is 21.8. The number of aliphatic hydroxyl groups is 2. The fraction of sp³-hybridized carbons (Fsp3) is 1.00. The van der Waals surface area contributed by atoms with E-state index in [4.69, 9.17) is 29.2 Å². The lowest BCUT2D eigenvalue weighted by Crippen LogP contribution is -2.08. The Labute approximate surface area is 147 Å². The molecular formula is C18H38O6. The Morgan fingerprint density at radius 2 is 0.625 bits per heavy atom. The predicted octanol–water partition coefficient (Wildman–Crippen LogP) is 2.16. The van der Waals surface area contributed by atoms with Crippen LogP contribution in [0.2, 0.25) is 0 Å². The molecule has 0 saturated carbocycles. The normalized spacial score (nSPS) is 11.2. The van der Waals surface area contributed by atoms with Crippen molar-refractivity contribution >= 4 is 0 Å². The van der Waals surface area contributed by atoms with Crippen molar-refractivity contribution in [1.82, 2.24) is 0 Å². The van der Waals surface area contributed by atoms with Gasteiger partial charge in [-0.05, 0) is 51.4 Å². The summed E-state index contributed by atoms with van der Waals surface area (Å²) in [6, 6.07) is 0. The van der Waals surface area contributed by atoms with Gasteiger partial charge in [0.25, 0.3) is 0 Å². The van der Waals surface area contributed by atoms with E-state index >= 15 is 0 Å². The van der Waals surface area contributed by atoms with Gasteiger partial charge >= 0.3 is 0 Å². The molecule has 0 aliphatic carbocycles. The minimum atomic E-state index is 0.269. The molecule has 0 aromatic rings. The fourth-order valence-electron chi connectivity index (χ4n) is 2.04. The van der Waals surface area contributed by atoms with E-state index in [0.29, 0.717) is 26.4 Å². The smallest absolute Gasteiger partial charge is 0.0700 e. The highest BCUT2D eigenvalue weighted by Gasteiger charge is 1.94. The molecule has 0 amide bonds. The fourth-order valence-corrected chi connectivity index (χ4v) is 2.04. The lowest BCUT2D eigenvalue weighted by Gasteiger charge is -2.07. The molecule has 0 aliphatic heterocycles. The Morgan fingerprint density at radius 3 is 0.917 bits per heavy atom. The van der Waals surface area contributed by atoms with Gasteiger partial charge in [0, 0.05) is 39.6 Å². The zero-order valence-electron chi connectivity index (χ0n) is 15.3. The summed E-state index contributed by atoms with van der Waals surface area (Å²) in [7, 11) is 0. The van der Waals surface area contributed by atoms with E-state index in [1.807, 2.05) is 0 Å². The summed E-state index contributed by atoms with van der Waals surface area (Å²) in [5.74, 6) is 0. The number of rotatable bonds is 21. The van der Waals surface area contributed by atoms with Crippen molar-refractivity contribution in [2.24, 2.45) is 0 Å². The molecule has 6 heteroatoms. The summed E-state index contributed by atoms with van der Waals surface area (Å²) in [4.78, 5) is 0. The molecule has 24 heavy (non-hydrogen) atoms. The maximum atomic E-state index is 8.63. The van der Waals surface area contributed by atoms with E-state index in [1.165, 1.54) is 0 Å². The molecule has 0 saturated heterocycles. The second-order valence-corrected chi connectivity index (χ2v) is 5.73. The Bertz CT molecular complexity index is 194. The molecule has 0 rings (SSSR count). The topological polar surface area (TPSA) is 77.4 Å². The van der Waals surface area contributed by atoms with E-state index in [-0.39, 0.29) is 13.2 Å². The van der Waals surface area contributed by atoms with E-state index in [9.17, 15) is 0 Å². The second kappa shape index (κ2) is 22.8. The molecule has 6 nitrogen and oxygen atoms in total. The van der Waals surface area contributed by atoms with Gasteiger partial charge in [0.05, 0.1) is 26.4 Å². The first kappa shape index (κ1) is 23.8.